The zero-order chi connectivity index (χ0) is 74.6. The maximum atomic E-state index is 5.70. The van der Waals surface area contributed by atoms with Crippen LogP contribution in [0.25, 0.3) is 90.9 Å². The maximum Gasteiger partial charge on any atom is 0.146 e. The fourth-order valence-electron chi connectivity index (χ4n) is 15.2. The van der Waals surface area contributed by atoms with Gasteiger partial charge in [-0.2, -0.15) is 0 Å². The number of nitrogens with one attached hydrogen (secondary N) is 2. The molecule has 2 aliphatic rings. The Morgan fingerprint density at radius 3 is 0.962 bits per heavy atom. The normalized spacial score (nSPS) is 11.5. The Labute approximate surface area is 634 Å². The predicted octanol–water partition coefficient (Wildman–Crippen LogP) is 24.3. The van der Waals surface area contributed by atoms with Crippen molar-refractivity contribution in [2.75, 3.05) is 6.26 Å². The minimum Gasteiger partial charge on any atom is -0.354 e. The topological polar surface area (TPSA) is 57.4 Å². The van der Waals surface area contributed by atoms with Crippen LogP contribution in [0.4, 0.5) is 0 Å². The quantitative estimate of drug-likeness (QED) is 0.0906. The Morgan fingerprint density at radius 1 is 0.311 bits per heavy atom. The van der Waals surface area contributed by atoms with Crippen molar-refractivity contribution in [2.24, 2.45) is 0 Å². The molecule has 0 saturated heterocycles. The van der Waals surface area contributed by atoms with Gasteiger partial charge < -0.3 is 9.97 Å². The van der Waals surface area contributed by atoms with Crippen LogP contribution in [-0.4, -0.2) is 42.3 Å². The van der Waals surface area contributed by atoms with Crippen LogP contribution in [0.3, 0.4) is 0 Å². The van der Waals surface area contributed by atoms with Crippen molar-refractivity contribution in [1.29, 1.82) is 0 Å². The lowest BCUT2D eigenvalue weighted by Crippen LogP contribution is -2.43. The summed E-state index contributed by atoms with van der Waals surface area (Å²) in [5.41, 5.74) is 40.9. The number of rotatable bonds is 8. The number of aromatic nitrogens is 4. The highest BCUT2D eigenvalue weighted by atomic mass is 32.2. The predicted molar refractivity (Wildman–Crippen MR) is 459 cm³/mol. The van der Waals surface area contributed by atoms with Gasteiger partial charge in [-0.25, -0.2) is 9.97 Å². The van der Waals surface area contributed by atoms with Crippen LogP contribution in [0, 0.1) is 112 Å². The third-order valence-corrected chi connectivity index (χ3v) is 27.9. The summed E-state index contributed by atoms with van der Waals surface area (Å²) in [5.74, 6) is 34.5. The van der Waals surface area contributed by atoms with Crippen LogP contribution in [0.2, 0.25) is 36.3 Å². The highest BCUT2D eigenvalue weighted by molar-refractivity contribution is 7.98. The van der Waals surface area contributed by atoms with Gasteiger partial charge in [-0.15, -0.1) is 22.8 Å². The summed E-state index contributed by atoms with van der Waals surface area (Å²) in [5, 5.41) is 0. The molecule has 518 valence electrons. The molecule has 4 nitrogen and oxygen atoms in total. The molecule has 0 fully saturated rings. The monoisotopic (exact) mass is 1420 g/mol. The van der Waals surface area contributed by atoms with Gasteiger partial charge in [-0.05, 0) is 267 Å². The third-order valence-electron chi connectivity index (χ3n) is 20.0. The lowest BCUT2D eigenvalue weighted by atomic mass is 9.92. The molecule has 0 aliphatic carbocycles. The summed E-state index contributed by atoms with van der Waals surface area (Å²) in [6.07, 6.45) is 10.8. The first-order valence-electron chi connectivity index (χ1n) is 36.6. The Kier molecular flexibility index (Phi) is 21.3. The number of hydrogen-bond donors (Lipinski definition) is 2. The van der Waals surface area contributed by atoms with E-state index in [-0.39, 0.29) is 0 Å². The van der Waals surface area contributed by atoms with Crippen LogP contribution >= 0.6 is 11.8 Å². The number of H-pyrrole nitrogens is 2. The van der Waals surface area contributed by atoms with Crippen molar-refractivity contribution in [3.05, 3.63) is 300 Å². The van der Waals surface area contributed by atoms with Crippen LogP contribution in [-0.2, 0) is 0 Å². The van der Waals surface area contributed by atoms with Gasteiger partial charge in [0.25, 0.3) is 0 Å². The van der Waals surface area contributed by atoms with Gasteiger partial charge in [0.1, 0.15) is 16.1 Å². The van der Waals surface area contributed by atoms with Crippen molar-refractivity contribution < 1.29 is 0 Å². The summed E-state index contributed by atoms with van der Waals surface area (Å²) in [7, 11) is -3.53. The highest BCUT2D eigenvalue weighted by Crippen LogP contribution is 2.43. The molecule has 3 aromatic heterocycles. The number of hydrogen-bond acceptors (Lipinski definition) is 3. The molecule has 0 radical (unpaired) electrons. The van der Waals surface area contributed by atoms with E-state index in [2.05, 4.69) is 377 Å². The van der Waals surface area contributed by atoms with Gasteiger partial charge in [-0.3, -0.25) is 0 Å². The van der Waals surface area contributed by atoms with E-state index in [0.29, 0.717) is 16.6 Å². The molecule has 8 bridgehead atoms. The number of aryl methyl sites for hydroxylation is 6. The summed E-state index contributed by atoms with van der Waals surface area (Å²) in [4.78, 5) is 20.6. The number of thioether (sulfide) groups is 1. The molecule has 0 unspecified atom stereocenters. The first kappa shape index (κ1) is 72.8. The second-order valence-corrected chi connectivity index (χ2v) is 41.2. The van der Waals surface area contributed by atoms with Crippen LogP contribution in [0.1, 0.15) is 153 Å². The average molecular weight is 1420 g/mol. The molecule has 106 heavy (non-hydrogen) atoms. The summed E-state index contributed by atoms with van der Waals surface area (Å²) < 4.78 is 0. The zero-order valence-corrected chi connectivity index (χ0v) is 66.6. The van der Waals surface area contributed by atoms with E-state index >= 15 is 0 Å². The highest BCUT2D eigenvalue weighted by Gasteiger charge is 2.41. The van der Waals surface area contributed by atoms with Crippen molar-refractivity contribution in [2.45, 2.75) is 124 Å². The Hall–Kier alpha value is -11.5. The second-order valence-electron chi connectivity index (χ2n) is 30.0. The van der Waals surface area contributed by atoms with E-state index in [0.717, 1.165) is 145 Å². The zero-order valence-electron chi connectivity index (χ0n) is 63.7. The van der Waals surface area contributed by atoms with Gasteiger partial charge in [0.15, 0.2) is 0 Å². The van der Waals surface area contributed by atoms with E-state index in [1.165, 1.54) is 38.3 Å². The first-order valence-corrected chi connectivity index (χ1v) is 43.6. The van der Waals surface area contributed by atoms with Crippen LogP contribution in [0.5, 0.6) is 0 Å². The molecule has 0 saturated carbocycles. The molecule has 8 aromatic carbocycles. The van der Waals surface area contributed by atoms with Gasteiger partial charge in [-0.1, -0.05) is 186 Å². The largest absolute Gasteiger partial charge is 0.354 e. The SMILES string of the molecule is CSc1cccc(C#Cc2ccc(-c3c4nc(c(-c5c(C)cc(C)cc5C)c5ccc([nH]5)c(-c5ccc(C#Cc6cc(C#Cc7ccc(C#Cc8ccc(C#C[Si](C(C)C)(C(C)C)C(C)C)cc8)cc7)cc(C#C[Si](C)(C)C)c6)cc5)c5nc(c(-c6c(C)cc(C)cc6C)c6ccc3[nH]6)C=C5)C=C4)cc2)c1. The molecule has 13 rings (SSSR count). The number of aromatic amines is 2. The molecule has 0 amide bonds. The lowest BCUT2D eigenvalue weighted by molar-refractivity contribution is 0.838. The van der Waals surface area contributed by atoms with E-state index in [1.807, 2.05) is 24.3 Å². The Bertz CT molecular complexity index is 5850. The van der Waals surface area contributed by atoms with E-state index in [4.69, 9.17) is 9.97 Å². The van der Waals surface area contributed by atoms with Gasteiger partial charge in [0.2, 0.25) is 0 Å². The molecule has 2 N–H and O–H groups in total. The molecule has 5 heterocycles. The van der Waals surface area contributed by atoms with Gasteiger partial charge >= 0.3 is 0 Å². The first-order chi connectivity index (χ1) is 50.9. The van der Waals surface area contributed by atoms with Crippen molar-refractivity contribution in [1.82, 2.24) is 19.9 Å². The number of fused-ring (bicyclic) bond motifs is 8. The molecule has 11 aromatic rings. The summed E-state index contributed by atoms with van der Waals surface area (Å²) >= 11 is 1.72. The number of nitrogens with zero attached hydrogens (tertiary/aromatic N) is 2. The van der Waals surface area contributed by atoms with Crippen LogP contribution < -0.4 is 0 Å². The van der Waals surface area contributed by atoms with Crippen LogP contribution in [0.15, 0.2) is 193 Å². The van der Waals surface area contributed by atoms with Crippen molar-refractivity contribution >= 4 is 74.3 Å². The summed E-state index contributed by atoms with van der Waals surface area (Å²) in [6.45, 7) is 34.1. The molecular formula is C99H88N4SSi2. The van der Waals surface area contributed by atoms with E-state index < -0.39 is 16.1 Å². The standard InChI is InChI=1S/C99H88N4SSi2/c1-64(2)106(65(3)4,66(5)6)55-53-78-28-26-74(27-29-78)21-20-73-22-24-75(25-23-73)31-34-80-60-81(62-82(61-80)52-54-105(14,15)16)35-32-77-38-42-84(43-39-77)97-88-46-50-92(102-88)98(94-69(9)56-67(7)57-70(94)10)90-48-44-86(100-90)96(83-40-36-76(37-41-83)30-33-79-18-17-19-85(63-79)104-13)87-45-49-91(101-87)99(93-51-47-89(97)103-93)95-71(11)58-68(8)59-72(95)12/h17-19,22-29,36-51,56-66,100,103H,1-16H3. The second kappa shape index (κ2) is 31.1. The lowest BCUT2D eigenvalue weighted by Gasteiger charge is -2.38. The maximum absolute atomic E-state index is 5.70. The van der Waals surface area contributed by atoms with Crippen molar-refractivity contribution in [3.63, 3.8) is 0 Å². The molecule has 2 aliphatic heterocycles. The molecule has 0 spiro atoms. The smallest absolute Gasteiger partial charge is 0.146 e. The van der Waals surface area contributed by atoms with Crippen molar-refractivity contribution in [3.8, 4) is 115 Å². The molecular weight excluding hydrogens is 1330 g/mol. The van der Waals surface area contributed by atoms with E-state index in [9.17, 15) is 0 Å². The fraction of sp³-hybridized carbons (Fsp3) is 0.192. The average Bonchev–Trinajstić information content (AvgIpc) is 1.58. The van der Waals surface area contributed by atoms with Gasteiger partial charge in [0, 0.05) is 105 Å². The molecule has 0 atom stereocenters. The Balaban J connectivity index is 0.883. The minimum absolute atomic E-state index is 0.590. The van der Waals surface area contributed by atoms with Gasteiger partial charge in [0.05, 0.1) is 22.8 Å². The van der Waals surface area contributed by atoms with E-state index in [1.54, 1.807) is 11.8 Å². The summed E-state index contributed by atoms with van der Waals surface area (Å²) in [6, 6.07) is 66.1. The number of benzene rings is 8. The Morgan fingerprint density at radius 2 is 0.613 bits per heavy atom. The minimum atomic E-state index is -1.82. The fourth-order valence-corrected chi connectivity index (χ4v) is 21.4. The molecule has 7 heteroatoms. The third kappa shape index (κ3) is 16.2.